The fourth-order valence-corrected chi connectivity index (χ4v) is 7.80. The van der Waals surface area contributed by atoms with Crippen molar-refractivity contribution in [3.05, 3.63) is 157 Å². The predicted octanol–water partition coefficient (Wildman–Crippen LogP) is 11.0. The summed E-state index contributed by atoms with van der Waals surface area (Å²) in [5, 5.41) is 7.26. The minimum atomic E-state index is 0.571. The number of hydrogen-bond acceptors (Lipinski definition) is 3. The molecule has 0 saturated carbocycles. The third-order valence-corrected chi connectivity index (χ3v) is 10.0. The van der Waals surface area contributed by atoms with Crippen LogP contribution in [0.3, 0.4) is 0 Å². The Morgan fingerprint density at radius 2 is 1.18 bits per heavy atom. The summed E-state index contributed by atoms with van der Waals surface area (Å²) in [6.45, 7) is 2.01. The molecule has 51 heavy (non-hydrogen) atoms. The van der Waals surface area contributed by atoms with E-state index in [1.165, 1.54) is 43.5 Å². The van der Waals surface area contributed by atoms with Crippen LogP contribution in [0.15, 0.2) is 152 Å². The summed E-state index contributed by atoms with van der Waals surface area (Å²) in [6.07, 6.45) is 11.2. The lowest BCUT2D eigenvalue weighted by Gasteiger charge is -2.11. The summed E-state index contributed by atoms with van der Waals surface area (Å²) < 4.78 is 4.66. The molecule has 5 heteroatoms. The van der Waals surface area contributed by atoms with Gasteiger partial charge in [0.2, 0.25) is 5.95 Å². The largest absolute Gasteiger partial charge is 0.308 e. The van der Waals surface area contributed by atoms with Gasteiger partial charge >= 0.3 is 0 Å². The molecule has 0 aliphatic rings. The topological polar surface area (TPSA) is 48.0 Å². The molecule has 0 unspecified atom stereocenters. The monoisotopic (exact) mass is 651 g/mol. The van der Waals surface area contributed by atoms with Gasteiger partial charge in [0.15, 0.2) is 11.6 Å². The van der Waals surface area contributed by atoms with E-state index in [9.17, 15) is 0 Å². The van der Waals surface area contributed by atoms with Gasteiger partial charge < -0.3 is 4.40 Å². The molecule has 0 bridgehead atoms. The summed E-state index contributed by atoms with van der Waals surface area (Å²) >= 11 is 0. The van der Waals surface area contributed by atoms with E-state index in [1.54, 1.807) is 6.08 Å². The Morgan fingerprint density at radius 1 is 0.588 bits per heavy atom. The van der Waals surface area contributed by atoms with Crippen molar-refractivity contribution in [1.82, 2.24) is 23.9 Å². The van der Waals surface area contributed by atoms with Gasteiger partial charge in [-0.15, -0.1) is 6.42 Å². The van der Waals surface area contributed by atoms with Crippen molar-refractivity contribution in [2.75, 3.05) is 0 Å². The maximum absolute atomic E-state index is 5.49. The second kappa shape index (κ2) is 11.3. The average Bonchev–Trinajstić information content (AvgIpc) is 3.83. The molecule has 0 aliphatic carbocycles. The maximum atomic E-state index is 5.49. The zero-order chi connectivity index (χ0) is 34.1. The molecule has 4 aromatic heterocycles. The van der Waals surface area contributed by atoms with Gasteiger partial charge in [-0.2, -0.15) is 9.97 Å². The molecule has 0 N–H and O–H groups in total. The highest BCUT2D eigenvalue weighted by molar-refractivity contribution is 6.35. The Morgan fingerprint density at radius 3 is 1.86 bits per heavy atom. The van der Waals surface area contributed by atoms with Crippen molar-refractivity contribution in [2.24, 2.45) is 0 Å². The van der Waals surface area contributed by atoms with Crippen LogP contribution in [0.5, 0.6) is 0 Å². The van der Waals surface area contributed by atoms with Crippen molar-refractivity contribution < 1.29 is 0 Å². The number of fused-ring (bicyclic) bond motifs is 10. The van der Waals surface area contributed by atoms with Gasteiger partial charge in [-0.1, -0.05) is 121 Å². The lowest BCUT2D eigenvalue weighted by atomic mass is 10.0. The first-order valence-electron chi connectivity index (χ1n) is 17.0. The third-order valence-electron chi connectivity index (χ3n) is 10.0. The van der Waals surface area contributed by atoms with Crippen LogP contribution in [-0.2, 0) is 0 Å². The minimum Gasteiger partial charge on any atom is -0.308 e. The normalized spacial score (nSPS) is 12.4. The number of aromatic nitrogens is 5. The molecule has 10 rings (SSSR count). The first-order valence-corrected chi connectivity index (χ1v) is 17.0. The van der Waals surface area contributed by atoms with Gasteiger partial charge in [0.05, 0.1) is 27.6 Å². The number of nitrogens with zero attached hydrogens (tertiary/aromatic N) is 5. The van der Waals surface area contributed by atoms with E-state index in [2.05, 4.69) is 124 Å². The van der Waals surface area contributed by atoms with Crippen molar-refractivity contribution in [2.45, 2.75) is 6.92 Å². The summed E-state index contributed by atoms with van der Waals surface area (Å²) in [7, 11) is 0. The number of terminal acetylenes is 1. The predicted molar refractivity (Wildman–Crippen MR) is 211 cm³/mol. The van der Waals surface area contributed by atoms with Gasteiger partial charge in [-0.3, -0.25) is 4.57 Å². The van der Waals surface area contributed by atoms with Crippen LogP contribution in [0.25, 0.3) is 94.2 Å². The Labute approximate surface area is 293 Å². The first kappa shape index (κ1) is 28.9. The van der Waals surface area contributed by atoms with Crippen LogP contribution < -0.4 is 0 Å². The molecule has 238 valence electrons. The van der Waals surface area contributed by atoms with Gasteiger partial charge in [0.25, 0.3) is 0 Å². The molecule has 0 spiro atoms. The lowest BCUT2D eigenvalue weighted by Crippen LogP contribution is -2.06. The van der Waals surface area contributed by atoms with Crippen molar-refractivity contribution in [3.8, 4) is 41.1 Å². The summed E-state index contributed by atoms with van der Waals surface area (Å²) in [6, 6.07) is 46.8. The van der Waals surface area contributed by atoms with E-state index < -0.39 is 0 Å². The Balaban J connectivity index is 1.30. The number of rotatable bonds is 5. The fraction of sp³-hybridized carbons (Fsp3) is 0.0217. The van der Waals surface area contributed by atoms with Crippen molar-refractivity contribution in [1.29, 1.82) is 0 Å². The second-order valence-corrected chi connectivity index (χ2v) is 12.7. The number of para-hydroxylation sites is 3. The molecule has 5 nitrogen and oxygen atoms in total. The minimum absolute atomic E-state index is 0.571. The summed E-state index contributed by atoms with van der Waals surface area (Å²) in [5.41, 5.74) is 9.69. The van der Waals surface area contributed by atoms with Crippen molar-refractivity contribution in [3.63, 3.8) is 0 Å². The van der Waals surface area contributed by atoms with Crippen LogP contribution in [0, 0.1) is 12.3 Å². The first-order chi connectivity index (χ1) is 25.2. The van der Waals surface area contributed by atoms with E-state index in [1.807, 2.05) is 43.3 Å². The second-order valence-electron chi connectivity index (χ2n) is 12.7. The number of benzene rings is 6. The standard InChI is InChI=1S/C46H29N5/c1-3-5-15-29(4-2)30-24-26-32(27-25-30)45-47-44(31-16-7-6-8-17-31)48-46(49-45)51-39-23-14-10-19-34(39)41-40(51)28-36-33-18-9-12-21-37(33)50-38-22-13-11-20-35(38)42(41)43(36)50/h1,4-28H,2H3/b15-5-,29-4+. The highest BCUT2D eigenvalue weighted by Crippen LogP contribution is 2.46. The van der Waals surface area contributed by atoms with E-state index in [-0.39, 0.29) is 0 Å². The van der Waals surface area contributed by atoms with Gasteiger partial charge in [0.1, 0.15) is 0 Å². The Bertz CT molecular complexity index is 3080. The SMILES string of the molecule is C#C/C=C\C(=C/C)c1ccc(-c2nc(-c3ccccc3)nc(-n3c4ccccc4c4c5c6ccccc6n6c7ccccc7c(cc43)c56)n2)cc1. The molecule has 0 aliphatic heterocycles. The number of allylic oxidation sites excluding steroid dienone is 4. The Hall–Kier alpha value is -7.03. The van der Waals surface area contributed by atoms with E-state index >= 15 is 0 Å². The van der Waals surface area contributed by atoms with Crippen LogP contribution in [-0.4, -0.2) is 23.9 Å². The molecule has 6 aromatic carbocycles. The molecule has 0 fully saturated rings. The summed E-state index contributed by atoms with van der Waals surface area (Å²) in [5.74, 6) is 4.37. The fourth-order valence-electron chi connectivity index (χ4n) is 7.80. The lowest BCUT2D eigenvalue weighted by molar-refractivity contribution is 0.954. The maximum Gasteiger partial charge on any atom is 0.238 e. The quantitative estimate of drug-likeness (QED) is 0.137. The highest BCUT2D eigenvalue weighted by atomic mass is 15.2. The van der Waals surface area contributed by atoms with E-state index in [4.69, 9.17) is 21.4 Å². The molecule has 0 radical (unpaired) electrons. The number of hydrogen-bond donors (Lipinski definition) is 0. The van der Waals surface area contributed by atoms with Crippen LogP contribution in [0.1, 0.15) is 12.5 Å². The molecule has 0 atom stereocenters. The van der Waals surface area contributed by atoms with Crippen molar-refractivity contribution >= 4 is 65.5 Å². The van der Waals surface area contributed by atoms with Gasteiger partial charge in [-0.25, -0.2) is 4.98 Å². The van der Waals surface area contributed by atoms with Crippen LogP contribution in [0.2, 0.25) is 0 Å². The molecule has 4 heterocycles. The van der Waals surface area contributed by atoms with Gasteiger partial charge in [0, 0.05) is 43.4 Å². The molecule has 10 aromatic rings. The van der Waals surface area contributed by atoms with Gasteiger partial charge in [-0.05, 0) is 54.5 Å². The third kappa shape index (κ3) is 4.27. The zero-order valence-corrected chi connectivity index (χ0v) is 27.7. The highest BCUT2D eigenvalue weighted by Gasteiger charge is 2.25. The van der Waals surface area contributed by atoms with Crippen LogP contribution >= 0.6 is 0 Å². The Kier molecular flexibility index (Phi) is 6.39. The average molecular weight is 652 g/mol. The molecule has 0 saturated heterocycles. The molecular formula is C46H29N5. The molecule has 0 amide bonds. The van der Waals surface area contributed by atoms with E-state index in [0.717, 1.165) is 38.7 Å². The zero-order valence-electron chi connectivity index (χ0n) is 27.7. The van der Waals surface area contributed by atoms with E-state index in [0.29, 0.717) is 17.6 Å². The smallest absolute Gasteiger partial charge is 0.238 e. The summed E-state index contributed by atoms with van der Waals surface area (Å²) in [4.78, 5) is 15.5. The molecular weight excluding hydrogens is 623 g/mol. The van der Waals surface area contributed by atoms with Crippen LogP contribution in [0.4, 0.5) is 0 Å².